The van der Waals surface area contributed by atoms with E-state index in [1.54, 1.807) is 0 Å². The Morgan fingerprint density at radius 3 is 2.39 bits per heavy atom. The van der Waals surface area contributed by atoms with Crippen LogP contribution in [0.5, 0.6) is 11.5 Å². The van der Waals surface area contributed by atoms with Gasteiger partial charge >= 0.3 is 21.1 Å². The zero-order valence-corrected chi connectivity index (χ0v) is 21.4. The van der Waals surface area contributed by atoms with Crippen LogP contribution in [0.4, 0.5) is 0 Å². The summed E-state index contributed by atoms with van der Waals surface area (Å²) in [6.45, 7) is 0. The molecule has 176 valence electrons. The SMILES string of the molecule is [Pt+2].[c-]1c(Oc2[c-]c(-c3ccc4ccccc4n3)ccc2)cccc1C1=N[C@@H]2c3ccccc3C[C@@H]2O1. The number of pyridine rings is 1. The van der Waals surface area contributed by atoms with E-state index in [9.17, 15) is 0 Å². The summed E-state index contributed by atoms with van der Waals surface area (Å²) in [5.74, 6) is 1.81. The van der Waals surface area contributed by atoms with E-state index in [0.29, 0.717) is 17.4 Å². The number of hydrogen-bond donors (Lipinski definition) is 0. The maximum Gasteiger partial charge on any atom is 2.00 e. The van der Waals surface area contributed by atoms with Crippen molar-refractivity contribution in [3.8, 4) is 22.8 Å². The van der Waals surface area contributed by atoms with Gasteiger partial charge in [0.1, 0.15) is 18.0 Å². The molecule has 36 heavy (non-hydrogen) atoms. The van der Waals surface area contributed by atoms with Crippen molar-refractivity contribution >= 4 is 16.8 Å². The number of para-hydroxylation sites is 1. The van der Waals surface area contributed by atoms with Crippen molar-refractivity contribution in [2.75, 3.05) is 0 Å². The molecule has 0 N–H and O–H groups in total. The summed E-state index contributed by atoms with van der Waals surface area (Å²) in [5.41, 5.74) is 6.06. The fourth-order valence-corrected chi connectivity index (χ4v) is 4.85. The van der Waals surface area contributed by atoms with Crippen molar-refractivity contribution in [2.45, 2.75) is 18.6 Å². The van der Waals surface area contributed by atoms with Crippen LogP contribution in [0.2, 0.25) is 0 Å². The smallest absolute Gasteiger partial charge is 0.514 e. The molecule has 1 aromatic heterocycles. The number of rotatable bonds is 4. The van der Waals surface area contributed by atoms with Gasteiger partial charge in [-0.05, 0) is 28.3 Å². The molecule has 0 saturated heterocycles. The van der Waals surface area contributed by atoms with Gasteiger partial charge in [-0.15, -0.1) is 42.0 Å². The molecule has 4 aromatic carbocycles. The maximum atomic E-state index is 6.22. The van der Waals surface area contributed by atoms with Gasteiger partial charge in [0.25, 0.3) is 0 Å². The number of fused-ring (bicyclic) bond motifs is 4. The summed E-state index contributed by atoms with van der Waals surface area (Å²) in [4.78, 5) is 9.66. The van der Waals surface area contributed by atoms with Crippen molar-refractivity contribution in [1.29, 1.82) is 0 Å². The molecule has 1 aliphatic carbocycles. The molecule has 7 rings (SSSR count). The van der Waals surface area contributed by atoms with Crippen LogP contribution in [-0.4, -0.2) is 17.0 Å². The Labute approximate surface area is 223 Å². The van der Waals surface area contributed by atoms with Crippen molar-refractivity contribution in [3.63, 3.8) is 0 Å². The van der Waals surface area contributed by atoms with Gasteiger partial charge in [-0.25, -0.2) is 0 Å². The summed E-state index contributed by atoms with van der Waals surface area (Å²) < 4.78 is 12.3. The molecule has 2 atom stereocenters. The van der Waals surface area contributed by atoms with E-state index < -0.39 is 0 Å². The minimum atomic E-state index is 0. The van der Waals surface area contributed by atoms with Gasteiger partial charge in [0.2, 0.25) is 0 Å². The van der Waals surface area contributed by atoms with Crippen LogP contribution in [-0.2, 0) is 32.2 Å². The van der Waals surface area contributed by atoms with E-state index in [-0.39, 0.29) is 33.2 Å². The second-order valence-corrected chi connectivity index (χ2v) is 8.79. The zero-order chi connectivity index (χ0) is 23.2. The molecular formula is C31H20N2O2Pt. The number of aliphatic imine (C=N–C) groups is 1. The van der Waals surface area contributed by atoms with Crippen LogP contribution in [0, 0.1) is 12.1 Å². The zero-order valence-electron chi connectivity index (χ0n) is 19.1. The van der Waals surface area contributed by atoms with E-state index in [4.69, 9.17) is 19.5 Å². The Balaban J connectivity index is 0.00000240. The summed E-state index contributed by atoms with van der Waals surface area (Å²) in [7, 11) is 0. The van der Waals surface area contributed by atoms with E-state index >= 15 is 0 Å². The van der Waals surface area contributed by atoms with Crippen LogP contribution < -0.4 is 4.74 Å². The number of ether oxygens (including phenoxy) is 2. The average molecular weight is 648 g/mol. The van der Waals surface area contributed by atoms with Gasteiger partial charge < -0.3 is 9.47 Å². The Kier molecular flexibility index (Phi) is 5.91. The molecule has 0 radical (unpaired) electrons. The van der Waals surface area contributed by atoms with E-state index in [1.807, 2.05) is 60.7 Å². The monoisotopic (exact) mass is 647 g/mol. The molecular weight excluding hydrogens is 627 g/mol. The first kappa shape index (κ1) is 22.7. The predicted octanol–water partition coefficient (Wildman–Crippen LogP) is 6.73. The number of aromatic nitrogens is 1. The third-order valence-electron chi connectivity index (χ3n) is 6.53. The fourth-order valence-electron chi connectivity index (χ4n) is 4.85. The van der Waals surface area contributed by atoms with Gasteiger partial charge in [-0.2, -0.15) is 0 Å². The van der Waals surface area contributed by atoms with Gasteiger partial charge in [0.05, 0.1) is 5.52 Å². The average Bonchev–Trinajstić information content (AvgIpc) is 3.47. The second kappa shape index (κ2) is 9.37. The van der Waals surface area contributed by atoms with Crippen LogP contribution in [0.1, 0.15) is 22.7 Å². The molecule has 5 aromatic rings. The largest absolute Gasteiger partial charge is 2.00 e. The van der Waals surface area contributed by atoms with Gasteiger partial charge in [0, 0.05) is 17.9 Å². The maximum absolute atomic E-state index is 6.22. The molecule has 2 aliphatic rings. The fraction of sp³-hybridized carbons (Fsp3) is 0.0968. The molecule has 0 fully saturated rings. The third-order valence-corrected chi connectivity index (χ3v) is 6.53. The topological polar surface area (TPSA) is 43.7 Å². The Hall–Kier alpha value is -3.75. The molecule has 2 heterocycles. The van der Waals surface area contributed by atoms with Gasteiger partial charge in [-0.1, -0.05) is 72.3 Å². The van der Waals surface area contributed by atoms with Gasteiger partial charge in [0.15, 0.2) is 0 Å². The Bertz CT molecular complexity index is 1610. The number of nitrogens with zero attached hydrogens (tertiary/aromatic N) is 2. The summed E-state index contributed by atoms with van der Waals surface area (Å²) in [6, 6.07) is 38.9. The minimum absolute atomic E-state index is 0. The van der Waals surface area contributed by atoms with Crippen molar-refractivity contribution in [1.82, 2.24) is 4.98 Å². The molecule has 0 amide bonds. The predicted molar refractivity (Wildman–Crippen MR) is 136 cm³/mol. The molecule has 1 aliphatic heterocycles. The van der Waals surface area contributed by atoms with Crippen LogP contribution in [0.15, 0.2) is 102 Å². The standard InChI is InChI=1S/C31H20N2O2.Pt/c1-3-13-26-21(8-1)19-29-30(26)33-31(35-29)23-10-6-12-25(18-23)34-24-11-5-9-22(17-24)28-16-15-20-7-2-4-14-27(20)32-28;/h1-16,29-30H,19H2;/q-2;+2/t29-,30+;/m0./s1. The quantitative estimate of drug-likeness (QED) is 0.203. The molecule has 5 heteroatoms. The van der Waals surface area contributed by atoms with Gasteiger partial charge in [-0.3, -0.25) is 9.98 Å². The molecule has 0 spiro atoms. The first-order valence-corrected chi connectivity index (χ1v) is 11.7. The van der Waals surface area contributed by atoms with Crippen LogP contribution in [0.25, 0.3) is 22.2 Å². The normalized spacial score (nSPS) is 17.5. The number of benzene rings is 4. The second-order valence-electron chi connectivity index (χ2n) is 8.79. The molecule has 0 saturated carbocycles. The molecule has 0 unspecified atom stereocenters. The van der Waals surface area contributed by atoms with Crippen molar-refractivity contribution in [2.24, 2.45) is 4.99 Å². The first-order chi connectivity index (χ1) is 17.3. The Morgan fingerprint density at radius 2 is 1.50 bits per heavy atom. The molecule has 4 nitrogen and oxygen atoms in total. The van der Waals surface area contributed by atoms with E-state index in [2.05, 4.69) is 48.5 Å². The number of hydrogen-bond acceptors (Lipinski definition) is 4. The van der Waals surface area contributed by atoms with E-state index in [0.717, 1.165) is 34.1 Å². The first-order valence-electron chi connectivity index (χ1n) is 11.7. The van der Waals surface area contributed by atoms with Crippen molar-refractivity contribution in [3.05, 3.63) is 126 Å². The van der Waals surface area contributed by atoms with Crippen LogP contribution in [0.3, 0.4) is 0 Å². The molecule has 0 bridgehead atoms. The van der Waals surface area contributed by atoms with Crippen molar-refractivity contribution < 1.29 is 30.5 Å². The third kappa shape index (κ3) is 4.12. The summed E-state index contributed by atoms with van der Waals surface area (Å²) in [5, 5.41) is 1.11. The minimum Gasteiger partial charge on any atom is -0.514 e. The summed E-state index contributed by atoms with van der Waals surface area (Å²) in [6.07, 6.45) is 0.939. The van der Waals surface area contributed by atoms with Crippen LogP contribution >= 0.6 is 0 Å². The van der Waals surface area contributed by atoms with E-state index in [1.165, 1.54) is 11.1 Å². The summed E-state index contributed by atoms with van der Waals surface area (Å²) >= 11 is 0. The Morgan fingerprint density at radius 1 is 0.750 bits per heavy atom.